The number of rotatable bonds is 4. The van der Waals surface area contributed by atoms with E-state index in [4.69, 9.17) is 4.74 Å². The molecular formula is C14H19N3O4. The van der Waals surface area contributed by atoms with Gasteiger partial charge >= 0.3 is 11.9 Å². The molecule has 1 saturated heterocycles. The van der Waals surface area contributed by atoms with Gasteiger partial charge in [-0.1, -0.05) is 0 Å². The van der Waals surface area contributed by atoms with Gasteiger partial charge in [-0.25, -0.2) is 19.6 Å². The lowest BCUT2D eigenvalue weighted by Crippen LogP contribution is -2.46. The molecule has 1 aliphatic heterocycles. The van der Waals surface area contributed by atoms with Crippen molar-refractivity contribution in [1.29, 1.82) is 0 Å². The van der Waals surface area contributed by atoms with Crippen LogP contribution in [-0.4, -0.2) is 48.2 Å². The zero-order chi connectivity index (χ0) is 15.2. The third-order valence-electron chi connectivity index (χ3n) is 3.36. The molecule has 1 aromatic rings. The molecule has 0 N–H and O–H groups in total. The molecule has 21 heavy (non-hydrogen) atoms. The molecule has 0 bridgehead atoms. The second-order valence-corrected chi connectivity index (χ2v) is 4.69. The van der Waals surface area contributed by atoms with Crippen molar-refractivity contribution in [2.24, 2.45) is 0 Å². The van der Waals surface area contributed by atoms with E-state index < -0.39 is 5.97 Å². The molecule has 1 aromatic heterocycles. The maximum Gasteiger partial charge on any atom is 0.376 e. The molecule has 7 nitrogen and oxygen atoms in total. The topological polar surface area (TPSA) is 81.6 Å². The minimum atomic E-state index is -0.596. The summed E-state index contributed by atoms with van der Waals surface area (Å²) in [5.74, 6) is -0.316. The Bertz CT molecular complexity index is 521. The molecule has 1 aliphatic rings. The number of ether oxygens (including phenoxy) is 2. The Morgan fingerprint density at radius 3 is 2.95 bits per heavy atom. The average molecular weight is 293 g/mol. The predicted molar refractivity (Wildman–Crippen MR) is 75.0 cm³/mol. The highest BCUT2D eigenvalue weighted by Gasteiger charge is 2.31. The third kappa shape index (κ3) is 3.48. The fraction of sp³-hybridized carbons (Fsp3) is 0.571. The van der Waals surface area contributed by atoms with E-state index in [-0.39, 0.29) is 17.8 Å². The quantitative estimate of drug-likeness (QED) is 0.771. The summed E-state index contributed by atoms with van der Waals surface area (Å²) in [6, 6.07) is 1.32. The van der Waals surface area contributed by atoms with Gasteiger partial charge < -0.3 is 14.4 Å². The SMILES string of the molecule is CCOC(=O)C1CCCCN1c1ccnc(C(=O)OC)n1. The van der Waals surface area contributed by atoms with Crippen molar-refractivity contribution in [2.45, 2.75) is 32.2 Å². The van der Waals surface area contributed by atoms with E-state index in [1.54, 1.807) is 13.0 Å². The molecular weight excluding hydrogens is 274 g/mol. The summed E-state index contributed by atoms with van der Waals surface area (Å²) in [6.45, 7) is 2.83. The fourth-order valence-corrected chi connectivity index (χ4v) is 2.39. The van der Waals surface area contributed by atoms with Gasteiger partial charge in [0.2, 0.25) is 5.82 Å². The lowest BCUT2D eigenvalue weighted by molar-refractivity contribution is -0.145. The van der Waals surface area contributed by atoms with E-state index >= 15 is 0 Å². The van der Waals surface area contributed by atoms with Crippen molar-refractivity contribution >= 4 is 17.8 Å². The van der Waals surface area contributed by atoms with Gasteiger partial charge in [0.1, 0.15) is 11.9 Å². The van der Waals surface area contributed by atoms with Gasteiger partial charge in [-0.3, -0.25) is 0 Å². The molecule has 0 amide bonds. The number of esters is 2. The lowest BCUT2D eigenvalue weighted by Gasteiger charge is -2.34. The van der Waals surface area contributed by atoms with Gasteiger partial charge in [-0.2, -0.15) is 0 Å². The van der Waals surface area contributed by atoms with Gasteiger partial charge in [-0.05, 0) is 32.3 Å². The van der Waals surface area contributed by atoms with Crippen LogP contribution in [0.15, 0.2) is 12.3 Å². The van der Waals surface area contributed by atoms with E-state index in [9.17, 15) is 9.59 Å². The first-order chi connectivity index (χ1) is 10.2. The van der Waals surface area contributed by atoms with E-state index in [1.165, 1.54) is 13.3 Å². The average Bonchev–Trinajstić information content (AvgIpc) is 2.54. The van der Waals surface area contributed by atoms with Gasteiger partial charge in [0.25, 0.3) is 0 Å². The largest absolute Gasteiger partial charge is 0.464 e. The van der Waals surface area contributed by atoms with Crippen LogP contribution in [-0.2, 0) is 14.3 Å². The number of aromatic nitrogens is 2. The number of carbonyl (C=O) groups excluding carboxylic acids is 2. The maximum absolute atomic E-state index is 12.1. The first kappa shape index (κ1) is 15.2. The Labute approximate surface area is 123 Å². The molecule has 0 radical (unpaired) electrons. The van der Waals surface area contributed by atoms with Crippen molar-refractivity contribution in [3.63, 3.8) is 0 Å². The predicted octanol–water partition coefficient (Wildman–Crippen LogP) is 1.19. The Kier molecular flexibility index (Phi) is 5.08. The van der Waals surface area contributed by atoms with Gasteiger partial charge in [0, 0.05) is 12.7 Å². The molecule has 7 heteroatoms. The number of hydrogen-bond donors (Lipinski definition) is 0. The third-order valence-corrected chi connectivity index (χ3v) is 3.36. The van der Waals surface area contributed by atoms with Gasteiger partial charge in [-0.15, -0.1) is 0 Å². The summed E-state index contributed by atoms with van der Waals surface area (Å²) in [6.07, 6.45) is 4.14. The lowest BCUT2D eigenvalue weighted by atomic mass is 10.0. The number of anilines is 1. The van der Waals surface area contributed by atoms with Crippen LogP contribution in [0.25, 0.3) is 0 Å². The molecule has 1 fully saturated rings. The maximum atomic E-state index is 12.1. The highest BCUT2D eigenvalue weighted by atomic mass is 16.5. The van der Waals surface area contributed by atoms with E-state index in [1.807, 2.05) is 4.90 Å². The molecule has 0 spiro atoms. The Morgan fingerprint density at radius 1 is 1.43 bits per heavy atom. The summed E-state index contributed by atoms with van der Waals surface area (Å²) in [5.41, 5.74) is 0. The van der Waals surface area contributed by atoms with Crippen LogP contribution >= 0.6 is 0 Å². The summed E-state index contributed by atoms with van der Waals surface area (Å²) >= 11 is 0. The number of methoxy groups -OCH3 is 1. The van der Waals surface area contributed by atoms with Crippen molar-refractivity contribution in [2.75, 3.05) is 25.2 Å². The van der Waals surface area contributed by atoms with Gasteiger partial charge in [0.05, 0.1) is 13.7 Å². The Morgan fingerprint density at radius 2 is 2.24 bits per heavy atom. The number of piperidine rings is 1. The summed E-state index contributed by atoms with van der Waals surface area (Å²) in [7, 11) is 1.28. The van der Waals surface area contributed by atoms with Crippen molar-refractivity contribution < 1.29 is 19.1 Å². The number of carbonyl (C=O) groups is 2. The fourth-order valence-electron chi connectivity index (χ4n) is 2.39. The van der Waals surface area contributed by atoms with Crippen LogP contribution in [0.1, 0.15) is 36.8 Å². The second-order valence-electron chi connectivity index (χ2n) is 4.69. The monoisotopic (exact) mass is 293 g/mol. The molecule has 2 heterocycles. The van der Waals surface area contributed by atoms with Crippen LogP contribution in [0.3, 0.4) is 0 Å². The summed E-state index contributed by atoms with van der Waals surface area (Å²) in [4.78, 5) is 33.5. The molecule has 1 unspecified atom stereocenters. The van der Waals surface area contributed by atoms with Crippen molar-refractivity contribution in [3.05, 3.63) is 18.1 Å². The van der Waals surface area contributed by atoms with Crippen LogP contribution in [0.4, 0.5) is 5.82 Å². The number of nitrogens with zero attached hydrogens (tertiary/aromatic N) is 3. The molecule has 1 atom stereocenters. The van der Waals surface area contributed by atoms with Crippen LogP contribution in [0.2, 0.25) is 0 Å². The molecule has 2 rings (SSSR count). The number of hydrogen-bond acceptors (Lipinski definition) is 7. The Hall–Kier alpha value is -2.18. The summed E-state index contributed by atoms with van der Waals surface area (Å²) in [5, 5.41) is 0. The first-order valence-electron chi connectivity index (χ1n) is 7.02. The molecule has 0 aromatic carbocycles. The van der Waals surface area contributed by atoms with Crippen LogP contribution in [0.5, 0.6) is 0 Å². The van der Waals surface area contributed by atoms with Crippen molar-refractivity contribution in [1.82, 2.24) is 9.97 Å². The van der Waals surface area contributed by atoms with Crippen LogP contribution < -0.4 is 4.90 Å². The van der Waals surface area contributed by atoms with E-state index in [0.29, 0.717) is 19.0 Å². The molecule has 114 valence electrons. The minimum Gasteiger partial charge on any atom is -0.464 e. The first-order valence-corrected chi connectivity index (χ1v) is 7.02. The standard InChI is InChI=1S/C14H19N3O4/c1-3-21-13(18)10-6-4-5-9-17(10)11-7-8-15-12(16-11)14(19)20-2/h7-8,10H,3-6,9H2,1-2H3. The smallest absolute Gasteiger partial charge is 0.376 e. The minimum absolute atomic E-state index is 0.0109. The zero-order valence-corrected chi connectivity index (χ0v) is 12.2. The molecule has 0 saturated carbocycles. The zero-order valence-electron chi connectivity index (χ0n) is 12.2. The van der Waals surface area contributed by atoms with E-state index in [2.05, 4.69) is 14.7 Å². The van der Waals surface area contributed by atoms with E-state index in [0.717, 1.165) is 19.3 Å². The van der Waals surface area contributed by atoms with Crippen molar-refractivity contribution in [3.8, 4) is 0 Å². The Balaban J connectivity index is 2.24. The van der Waals surface area contributed by atoms with Crippen LogP contribution in [0, 0.1) is 0 Å². The normalized spacial score (nSPS) is 18.2. The highest BCUT2D eigenvalue weighted by Crippen LogP contribution is 2.24. The van der Waals surface area contributed by atoms with Gasteiger partial charge in [0.15, 0.2) is 0 Å². The highest BCUT2D eigenvalue weighted by molar-refractivity contribution is 5.85. The molecule has 0 aliphatic carbocycles. The second kappa shape index (κ2) is 7.01. The summed E-state index contributed by atoms with van der Waals surface area (Å²) < 4.78 is 9.73.